The largest absolute Gasteiger partial charge is 0.351 e. The molecule has 1 fully saturated rings. The Bertz CT molecular complexity index is 1220. The maximum Gasteiger partial charge on any atom is 0.251 e. The van der Waals surface area contributed by atoms with E-state index in [0.29, 0.717) is 12.0 Å². The Morgan fingerprint density at radius 3 is 2.61 bits per heavy atom. The molecule has 0 saturated carbocycles. The van der Waals surface area contributed by atoms with Crippen molar-refractivity contribution in [3.63, 3.8) is 0 Å². The molecule has 1 unspecified atom stereocenters. The zero-order valence-electron chi connectivity index (χ0n) is 17.2. The van der Waals surface area contributed by atoms with Gasteiger partial charge in [-0.05, 0) is 42.7 Å². The highest BCUT2D eigenvalue weighted by Crippen LogP contribution is 2.26. The molecule has 31 heavy (non-hydrogen) atoms. The van der Waals surface area contributed by atoms with Crippen LogP contribution in [0.3, 0.4) is 0 Å². The van der Waals surface area contributed by atoms with Crippen LogP contribution in [0.25, 0.3) is 15.3 Å². The van der Waals surface area contributed by atoms with Crippen LogP contribution < -0.4 is 10.6 Å². The third-order valence-corrected chi connectivity index (χ3v) is 8.08. The molecule has 164 valence electrons. The summed E-state index contributed by atoms with van der Waals surface area (Å²) in [6.45, 7) is 3.68. The van der Waals surface area contributed by atoms with Crippen LogP contribution in [0.2, 0.25) is 0 Å². The van der Waals surface area contributed by atoms with Gasteiger partial charge in [0.25, 0.3) is 5.91 Å². The minimum Gasteiger partial charge on any atom is -0.351 e. The van der Waals surface area contributed by atoms with Crippen LogP contribution in [0.4, 0.5) is 0 Å². The van der Waals surface area contributed by atoms with E-state index in [1.54, 1.807) is 18.2 Å². The van der Waals surface area contributed by atoms with Crippen LogP contribution in [-0.2, 0) is 14.6 Å². The Labute approximate surface area is 184 Å². The van der Waals surface area contributed by atoms with Crippen LogP contribution in [0.5, 0.6) is 0 Å². The lowest BCUT2D eigenvalue weighted by Crippen LogP contribution is -2.52. The van der Waals surface area contributed by atoms with E-state index in [1.807, 2.05) is 42.9 Å². The molecule has 1 saturated heterocycles. The molecule has 1 aromatic carbocycles. The summed E-state index contributed by atoms with van der Waals surface area (Å²) in [6, 6.07) is 7.93. The summed E-state index contributed by atoms with van der Waals surface area (Å²) < 4.78 is 26.1. The summed E-state index contributed by atoms with van der Waals surface area (Å²) in [5.74, 6) is -0.848. The molecule has 0 aliphatic carbocycles. The first kappa shape index (κ1) is 21.5. The number of hydrogen-bond donors (Lipinski definition) is 2. The molecule has 2 aromatic heterocycles. The molecule has 2 atom stereocenters. The summed E-state index contributed by atoms with van der Waals surface area (Å²) in [5, 5.41) is 6.39. The molecular formula is C21H24N4O4S2. The number of hydrogen-bond acceptors (Lipinski definition) is 6. The molecule has 0 radical (unpaired) electrons. The molecule has 8 nitrogen and oxygen atoms in total. The monoisotopic (exact) mass is 460 g/mol. The second kappa shape index (κ2) is 8.43. The first-order valence-corrected chi connectivity index (χ1v) is 12.7. The fourth-order valence-corrected chi connectivity index (χ4v) is 6.23. The second-order valence-corrected chi connectivity index (χ2v) is 11.3. The van der Waals surface area contributed by atoms with Crippen molar-refractivity contribution in [3.8, 4) is 5.13 Å². The van der Waals surface area contributed by atoms with Gasteiger partial charge in [0.05, 0.1) is 21.7 Å². The van der Waals surface area contributed by atoms with E-state index in [2.05, 4.69) is 15.6 Å². The topological polar surface area (TPSA) is 110 Å². The van der Waals surface area contributed by atoms with E-state index in [9.17, 15) is 18.0 Å². The highest BCUT2D eigenvalue weighted by molar-refractivity contribution is 7.91. The van der Waals surface area contributed by atoms with Crippen molar-refractivity contribution in [2.75, 3.05) is 11.5 Å². The van der Waals surface area contributed by atoms with Crippen molar-refractivity contribution in [2.45, 2.75) is 32.4 Å². The highest BCUT2D eigenvalue weighted by atomic mass is 32.2. The molecule has 1 aliphatic heterocycles. The van der Waals surface area contributed by atoms with Crippen molar-refractivity contribution < 1.29 is 18.0 Å². The molecular weight excluding hydrogens is 436 g/mol. The molecule has 3 aromatic rings. The summed E-state index contributed by atoms with van der Waals surface area (Å²) >= 11 is 1.47. The van der Waals surface area contributed by atoms with Gasteiger partial charge in [-0.1, -0.05) is 25.2 Å². The third-order valence-electron chi connectivity index (χ3n) is 5.28. The Balaban J connectivity index is 1.48. The lowest BCUT2D eigenvalue weighted by molar-refractivity contribution is -0.124. The van der Waals surface area contributed by atoms with Gasteiger partial charge in [-0.2, -0.15) is 0 Å². The van der Waals surface area contributed by atoms with Gasteiger partial charge in [-0.3, -0.25) is 9.59 Å². The lowest BCUT2D eigenvalue weighted by Gasteiger charge is -2.23. The SMILES string of the molecule is CC(C)[C@@H](NC(=O)c1ccc2nc(-n3cccc3)sc2c1)C(=O)NC1CCS(=O)(=O)C1. The van der Waals surface area contributed by atoms with E-state index < -0.39 is 21.9 Å². The minimum absolute atomic E-state index is 0.0523. The number of sulfone groups is 1. The van der Waals surface area contributed by atoms with E-state index in [-0.39, 0.29) is 29.2 Å². The standard InChI is InChI=1S/C21H24N4O4S2/c1-13(2)18(20(27)22-15-7-10-31(28,29)12-15)24-19(26)14-5-6-16-17(11-14)30-21(23-16)25-8-3-4-9-25/h3-6,8-9,11,13,15,18H,7,10,12H2,1-2H3,(H,22,27)(H,24,26)/t15?,18-/m1/s1. The van der Waals surface area contributed by atoms with Crippen molar-refractivity contribution in [1.29, 1.82) is 0 Å². The van der Waals surface area contributed by atoms with Crippen LogP contribution in [-0.4, -0.2) is 53.4 Å². The van der Waals surface area contributed by atoms with Crippen molar-refractivity contribution in [2.24, 2.45) is 5.92 Å². The number of thiazole rings is 1. The summed E-state index contributed by atoms with van der Waals surface area (Å²) in [5.41, 5.74) is 1.24. The number of benzene rings is 1. The van der Waals surface area contributed by atoms with E-state index in [1.165, 1.54) is 11.3 Å². The van der Waals surface area contributed by atoms with E-state index >= 15 is 0 Å². The number of nitrogens with zero attached hydrogens (tertiary/aromatic N) is 2. The lowest BCUT2D eigenvalue weighted by atomic mass is 10.0. The van der Waals surface area contributed by atoms with Crippen LogP contribution >= 0.6 is 11.3 Å². The van der Waals surface area contributed by atoms with Crippen LogP contribution in [0, 0.1) is 5.92 Å². The summed E-state index contributed by atoms with van der Waals surface area (Å²) in [4.78, 5) is 30.2. The average Bonchev–Trinajstić information content (AvgIpc) is 3.44. The first-order chi connectivity index (χ1) is 14.7. The molecule has 0 bridgehead atoms. The molecule has 3 heterocycles. The fourth-order valence-electron chi connectivity index (χ4n) is 3.59. The predicted octanol–water partition coefficient (Wildman–Crippen LogP) is 2.14. The van der Waals surface area contributed by atoms with E-state index in [4.69, 9.17) is 0 Å². The van der Waals surface area contributed by atoms with Gasteiger partial charge >= 0.3 is 0 Å². The minimum atomic E-state index is -3.10. The van der Waals surface area contributed by atoms with Crippen LogP contribution in [0.1, 0.15) is 30.6 Å². The quantitative estimate of drug-likeness (QED) is 0.586. The average molecular weight is 461 g/mol. The second-order valence-electron chi connectivity index (χ2n) is 8.07. The van der Waals surface area contributed by atoms with Gasteiger partial charge in [0, 0.05) is 24.0 Å². The Morgan fingerprint density at radius 1 is 1.23 bits per heavy atom. The van der Waals surface area contributed by atoms with Crippen molar-refractivity contribution >= 4 is 43.2 Å². The number of carbonyl (C=O) groups is 2. The predicted molar refractivity (Wildman–Crippen MR) is 120 cm³/mol. The zero-order valence-corrected chi connectivity index (χ0v) is 18.9. The Morgan fingerprint density at radius 2 is 1.97 bits per heavy atom. The molecule has 0 spiro atoms. The van der Waals surface area contributed by atoms with Gasteiger partial charge < -0.3 is 15.2 Å². The Kier molecular flexibility index (Phi) is 5.85. The maximum absolute atomic E-state index is 12.9. The van der Waals surface area contributed by atoms with Gasteiger partial charge in [0.1, 0.15) is 6.04 Å². The molecule has 2 N–H and O–H groups in total. The smallest absolute Gasteiger partial charge is 0.251 e. The van der Waals surface area contributed by atoms with Crippen molar-refractivity contribution in [1.82, 2.24) is 20.2 Å². The normalized spacial score (nSPS) is 18.9. The Hall–Kier alpha value is -2.72. The number of fused-ring (bicyclic) bond motifs is 1. The molecule has 2 amide bonds. The maximum atomic E-state index is 12.9. The number of amides is 2. The van der Waals surface area contributed by atoms with Crippen molar-refractivity contribution in [3.05, 3.63) is 48.3 Å². The van der Waals surface area contributed by atoms with E-state index in [0.717, 1.165) is 15.3 Å². The first-order valence-electron chi connectivity index (χ1n) is 10.1. The van der Waals surface area contributed by atoms with Gasteiger partial charge in [-0.25, -0.2) is 13.4 Å². The van der Waals surface area contributed by atoms with Gasteiger partial charge in [0.2, 0.25) is 5.91 Å². The van der Waals surface area contributed by atoms with Gasteiger partial charge in [-0.15, -0.1) is 0 Å². The molecule has 1 aliphatic rings. The number of aromatic nitrogens is 2. The number of nitrogens with one attached hydrogen (secondary N) is 2. The van der Waals surface area contributed by atoms with Crippen LogP contribution in [0.15, 0.2) is 42.7 Å². The number of rotatable bonds is 6. The summed E-state index contributed by atoms with van der Waals surface area (Å²) in [7, 11) is -3.10. The number of carbonyl (C=O) groups excluding carboxylic acids is 2. The highest BCUT2D eigenvalue weighted by Gasteiger charge is 2.32. The molecule has 4 rings (SSSR count). The third kappa shape index (κ3) is 4.80. The molecule has 10 heteroatoms. The summed E-state index contributed by atoms with van der Waals surface area (Å²) in [6.07, 6.45) is 4.22. The fraction of sp³-hybridized carbons (Fsp3) is 0.381. The zero-order chi connectivity index (χ0) is 22.2. The van der Waals surface area contributed by atoms with Gasteiger partial charge in [0.15, 0.2) is 15.0 Å².